The quantitative estimate of drug-likeness (QED) is 0.703. The molecule has 23 heavy (non-hydrogen) atoms. The van der Waals surface area contributed by atoms with Crippen molar-refractivity contribution in [2.45, 2.75) is 12.5 Å². The Bertz CT molecular complexity index is 799. The summed E-state index contributed by atoms with van der Waals surface area (Å²) in [6.45, 7) is 2.81. The molecule has 0 bridgehead atoms. The molecule has 0 radical (unpaired) electrons. The monoisotopic (exact) mass is 370 g/mol. The van der Waals surface area contributed by atoms with Crippen LogP contribution in [-0.4, -0.2) is 33.1 Å². The number of likely N-dealkylation sites (tertiary alicyclic amines) is 1. The van der Waals surface area contributed by atoms with Crippen LogP contribution in [0.5, 0.6) is 0 Å². The lowest BCUT2D eigenvalue weighted by Gasteiger charge is -2.37. The second kappa shape index (κ2) is 6.22. The van der Waals surface area contributed by atoms with Crippen LogP contribution in [0.4, 0.5) is 0 Å². The summed E-state index contributed by atoms with van der Waals surface area (Å²) in [7, 11) is 0. The first kappa shape index (κ1) is 14.5. The van der Waals surface area contributed by atoms with E-state index in [0.717, 1.165) is 29.7 Å². The second-order valence-electron chi connectivity index (χ2n) is 5.68. The summed E-state index contributed by atoms with van der Waals surface area (Å²) < 4.78 is 6.57. The highest BCUT2D eigenvalue weighted by molar-refractivity contribution is 9.10. The molecule has 4 rings (SSSR count). The van der Waals surface area contributed by atoms with Gasteiger partial charge in [-0.25, -0.2) is 0 Å². The van der Waals surface area contributed by atoms with Gasteiger partial charge in [0.25, 0.3) is 0 Å². The van der Waals surface area contributed by atoms with Crippen molar-refractivity contribution in [2.24, 2.45) is 0 Å². The number of aromatic nitrogens is 3. The number of halogens is 1. The van der Waals surface area contributed by atoms with Crippen molar-refractivity contribution >= 4 is 15.9 Å². The zero-order valence-corrected chi connectivity index (χ0v) is 14.0. The van der Waals surface area contributed by atoms with Gasteiger partial charge in [-0.15, -0.1) is 0 Å². The molecule has 1 aliphatic heterocycles. The molecule has 0 N–H and O–H groups in total. The maximum atomic E-state index is 5.42. The Kier molecular flexibility index (Phi) is 3.93. The van der Waals surface area contributed by atoms with Crippen molar-refractivity contribution < 1.29 is 4.52 Å². The van der Waals surface area contributed by atoms with Crippen molar-refractivity contribution in [3.05, 3.63) is 64.7 Å². The normalized spacial score (nSPS) is 15.5. The van der Waals surface area contributed by atoms with Gasteiger partial charge in [0.2, 0.25) is 11.7 Å². The molecular weight excluding hydrogens is 356 g/mol. The molecule has 1 fully saturated rings. The molecule has 0 aliphatic carbocycles. The summed E-state index contributed by atoms with van der Waals surface area (Å²) in [4.78, 5) is 11.0. The molecular formula is C17H15BrN4O. The SMILES string of the molecule is Brc1ccccc1CN1CC(c2nc(-c3cccnc3)no2)C1. The molecule has 3 heterocycles. The van der Waals surface area contributed by atoms with Crippen molar-refractivity contribution in [2.75, 3.05) is 13.1 Å². The van der Waals surface area contributed by atoms with Gasteiger partial charge >= 0.3 is 0 Å². The molecule has 1 saturated heterocycles. The van der Waals surface area contributed by atoms with Gasteiger partial charge < -0.3 is 4.52 Å². The fourth-order valence-corrected chi connectivity index (χ4v) is 3.15. The Balaban J connectivity index is 1.39. The van der Waals surface area contributed by atoms with Crippen LogP contribution in [0.1, 0.15) is 17.4 Å². The molecule has 0 atom stereocenters. The summed E-state index contributed by atoms with van der Waals surface area (Å²) in [5.74, 6) is 1.64. The van der Waals surface area contributed by atoms with Crippen LogP contribution < -0.4 is 0 Å². The van der Waals surface area contributed by atoms with Crippen molar-refractivity contribution in [3.63, 3.8) is 0 Å². The Labute approximate surface area is 142 Å². The lowest BCUT2D eigenvalue weighted by molar-refractivity contribution is 0.117. The first-order valence-electron chi connectivity index (χ1n) is 7.49. The van der Waals surface area contributed by atoms with Crippen LogP contribution in [0.2, 0.25) is 0 Å². The van der Waals surface area contributed by atoms with E-state index in [1.807, 2.05) is 18.2 Å². The average molecular weight is 371 g/mol. The number of hydrogen-bond donors (Lipinski definition) is 0. The number of nitrogens with zero attached hydrogens (tertiary/aromatic N) is 4. The van der Waals surface area contributed by atoms with Gasteiger partial charge in [0.05, 0.1) is 5.92 Å². The third-order valence-corrected chi connectivity index (χ3v) is 4.79. The van der Waals surface area contributed by atoms with Crippen molar-refractivity contribution in [1.29, 1.82) is 0 Å². The van der Waals surface area contributed by atoms with E-state index in [1.54, 1.807) is 12.4 Å². The third-order valence-electron chi connectivity index (χ3n) is 4.02. The number of benzene rings is 1. The molecule has 0 amide bonds. The zero-order valence-electron chi connectivity index (χ0n) is 12.4. The van der Waals surface area contributed by atoms with E-state index in [0.29, 0.717) is 17.6 Å². The topological polar surface area (TPSA) is 55.1 Å². The minimum atomic E-state index is 0.315. The summed E-state index contributed by atoms with van der Waals surface area (Å²) in [5.41, 5.74) is 2.18. The number of hydrogen-bond acceptors (Lipinski definition) is 5. The molecule has 2 aromatic heterocycles. The Hall–Kier alpha value is -2.05. The van der Waals surface area contributed by atoms with E-state index in [2.05, 4.69) is 54.2 Å². The zero-order chi connectivity index (χ0) is 15.6. The van der Waals surface area contributed by atoms with E-state index >= 15 is 0 Å². The minimum Gasteiger partial charge on any atom is -0.339 e. The molecule has 0 unspecified atom stereocenters. The van der Waals surface area contributed by atoms with Crippen LogP contribution in [0.25, 0.3) is 11.4 Å². The molecule has 3 aromatic rings. The van der Waals surface area contributed by atoms with Gasteiger partial charge in [-0.1, -0.05) is 39.3 Å². The molecule has 1 aliphatic rings. The van der Waals surface area contributed by atoms with E-state index in [1.165, 1.54) is 5.56 Å². The smallest absolute Gasteiger partial charge is 0.232 e. The molecule has 5 nitrogen and oxygen atoms in total. The molecule has 6 heteroatoms. The second-order valence-corrected chi connectivity index (χ2v) is 6.53. The highest BCUT2D eigenvalue weighted by Gasteiger charge is 2.32. The fraction of sp³-hybridized carbons (Fsp3) is 0.235. The van der Waals surface area contributed by atoms with Crippen LogP contribution in [0.3, 0.4) is 0 Å². The van der Waals surface area contributed by atoms with Gasteiger partial charge in [0.1, 0.15) is 0 Å². The predicted molar refractivity (Wildman–Crippen MR) is 89.7 cm³/mol. The van der Waals surface area contributed by atoms with Gasteiger partial charge in [0.15, 0.2) is 0 Å². The van der Waals surface area contributed by atoms with Gasteiger partial charge in [-0.05, 0) is 23.8 Å². The van der Waals surface area contributed by atoms with Crippen molar-refractivity contribution in [1.82, 2.24) is 20.0 Å². The Morgan fingerprint density at radius 3 is 2.83 bits per heavy atom. The van der Waals surface area contributed by atoms with E-state index < -0.39 is 0 Å². The maximum Gasteiger partial charge on any atom is 0.232 e. The highest BCUT2D eigenvalue weighted by Crippen LogP contribution is 2.29. The summed E-state index contributed by atoms with van der Waals surface area (Å²) in [6.07, 6.45) is 3.48. The standard InChI is InChI=1S/C17H15BrN4O/c18-15-6-2-1-4-13(15)9-22-10-14(11-22)17-20-16(21-23-17)12-5-3-7-19-8-12/h1-8,14H,9-11H2. The lowest BCUT2D eigenvalue weighted by atomic mass is 9.99. The predicted octanol–water partition coefficient (Wildman–Crippen LogP) is 3.49. The third kappa shape index (κ3) is 3.04. The Morgan fingerprint density at radius 1 is 1.17 bits per heavy atom. The summed E-state index contributed by atoms with van der Waals surface area (Å²) >= 11 is 3.59. The van der Waals surface area contributed by atoms with Gasteiger partial charge in [-0.3, -0.25) is 9.88 Å². The fourth-order valence-electron chi connectivity index (χ4n) is 2.74. The number of pyridine rings is 1. The summed E-state index contributed by atoms with van der Waals surface area (Å²) in [6, 6.07) is 12.1. The average Bonchev–Trinajstić information content (AvgIpc) is 3.02. The molecule has 1 aromatic carbocycles. The Morgan fingerprint density at radius 2 is 2.04 bits per heavy atom. The first-order chi connectivity index (χ1) is 11.3. The summed E-state index contributed by atoms with van der Waals surface area (Å²) in [5, 5.41) is 4.06. The molecule has 0 saturated carbocycles. The van der Waals surface area contributed by atoms with Crippen LogP contribution in [0.15, 0.2) is 57.8 Å². The molecule has 0 spiro atoms. The first-order valence-corrected chi connectivity index (χ1v) is 8.28. The molecule has 116 valence electrons. The van der Waals surface area contributed by atoms with Crippen LogP contribution in [0, 0.1) is 0 Å². The largest absolute Gasteiger partial charge is 0.339 e. The van der Waals surface area contributed by atoms with Crippen molar-refractivity contribution in [3.8, 4) is 11.4 Å². The van der Waals surface area contributed by atoms with Crippen LogP contribution >= 0.6 is 15.9 Å². The highest BCUT2D eigenvalue weighted by atomic mass is 79.9. The van der Waals surface area contributed by atoms with Gasteiger partial charge in [0, 0.05) is 42.1 Å². The lowest BCUT2D eigenvalue weighted by Crippen LogP contribution is -2.44. The minimum absolute atomic E-state index is 0.315. The number of rotatable bonds is 4. The van der Waals surface area contributed by atoms with E-state index in [9.17, 15) is 0 Å². The van der Waals surface area contributed by atoms with E-state index in [4.69, 9.17) is 4.52 Å². The van der Waals surface area contributed by atoms with Gasteiger partial charge in [-0.2, -0.15) is 4.98 Å². The van der Waals surface area contributed by atoms with Crippen LogP contribution in [-0.2, 0) is 6.54 Å². The van der Waals surface area contributed by atoms with E-state index in [-0.39, 0.29) is 0 Å². The maximum absolute atomic E-state index is 5.42.